The van der Waals surface area contributed by atoms with Gasteiger partial charge in [0, 0.05) is 19.0 Å². The van der Waals surface area contributed by atoms with E-state index in [2.05, 4.69) is 5.32 Å². The van der Waals surface area contributed by atoms with Gasteiger partial charge in [0.1, 0.15) is 6.61 Å². The number of aliphatic hydroxyl groups is 4. The molecule has 0 saturated heterocycles. The number of nitrogens with one attached hydrogen (secondary N) is 2. The number of fused-ring (bicyclic) bond motifs is 3. The molecule has 0 fully saturated rings. The van der Waals surface area contributed by atoms with Crippen LogP contribution < -0.4 is 10.6 Å². The van der Waals surface area contributed by atoms with E-state index in [9.17, 15) is 29.7 Å². The molecule has 0 aromatic heterocycles. The highest BCUT2D eigenvalue weighted by Crippen LogP contribution is 2.44. The molecule has 11 nitrogen and oxygen atoms in total. The number of ether oxygens (including phenoxy) is 1. The molecule has 3 rings (SSSR count). The lowest BCUT2D eigenvalue weighted by molar-refractivity contribution is -0.158. The SMILES string of the molecule is O=C(NC[C@@H](O)[C@H](O)CNC(=O)[C@H](O)[C@@H](O)C(=O)O)OCC1c2ccccc2-c2ccccc21. The van der Waals surface area contributed by atoms with E-state index in [0.717, 1.165) is 22.3 Å². The van der Waals surface area contributed by atoms with E-state index in [1.54, 1.807) is 0 Å². The summed E-state index contributed by atoms with van der Waals surface area (Å²) in [4.78, 5) is 34.3. The first-order chi connectivity index (χ1) is 16.2. The summed E-state index contributed by atoms with van der Waals surface area (Å²) >= 11 is 0. The Kier molecular flexibility index (Phi) is 8.18. The van der Waals surface area contributed by atoms with E-state index >= 15 is 0 Å². The Hall–Kier alpha value is -3.51. The lowest BCUT2D eigenvalue weighted by Crippen LogP contribution is -2.50. The number of carbonyl (C=O) groups excluding carboxylic acids is 2. The number of hydrogen-bond donors (Lipinski definition) is 7. The van der Waals surface area contributed by atoms with Crippen LogP contribution in [-0.4, -0.2) is 87.6 Å². The highest BCUT2D eigenvalue weighted by Gasteiger charge is 2.31. The molecular formula is C23H26N2O9. The van der Waals surface area contributed by atoms with Gasteiger partial charge in [-0.1, -0.05) is 48.5 Å². The Labute approximate surface area is 194 Å². The zero-order valence-corrected chi connectivity index (χ0v) is 18.0. The number of amides is 2. The quantitative estimate of drug-likeness (QED) is 0.231. The zero-order chi connectivity index (χ0) is 24.8. The molecule has 7 N–H and O–H groups in total. The molecule has 11 heteroatoms. The molecule has 0 radical (unpaired) electrons. The largest absolute Gasteiger partial charge is 0.479 e. The second kappa shape index (κ2) is 11.1. The van der Waals surface area contributed by atoms with Gasteiger partial charge in [0.2, 0.25) is 0 Å². The summed E-state index contributed by atoms with van der Waals surface area (Å²) in [7, 11) is 0. The van der Waals surface area contributed by atoms with Gasteiger partial charge in [-0.15, -0.1) is 0 Å². The molecule has 34 heavy (non-hydrogen) atoms. The maximum Gasteiger partial charge on any atom is 0.407 e. The van der Waals surface area contributed by atoms with Crippen LogP contribution in [0.4, 0.5) is 4.79 Å². The third kappa shape index (κ3) is 5.69. The third-order valence-electron chi connectivity index (χ3n) is 5.55. The maximum atomic E-state index is 12.1. The summed E-state index contributed by atoms with van der Waals surface area (Å²) < 4.78 is 5.32. The number of aliphatic hydroxyl groups excluding tert-OH is 4. The van der Waals surface area contributed by atoms with E-state index in [1.165, 1.54) is 0 Å². The van der Waals surface area contributed by atoms with Gasteiger partial charge in [0.15, 0.2) is 12.2 Å². The average molecular weight is 474 g/mol. The molecule has 2 amide bonds. The number of carbonyl (C=O) groups is 3. The Balaban J connectivity index is 1.45. The number of aliphatic carboxylic acids is 1. The fourth-order valence-corrected chi connectivity index (χ4v) is 3.70. The predicted octanol–water partition coefficient (Wildman–Crippen LogP) is -0.830. The summed E-state index contributed by atoms with van der Waals surface area (Å²) in [5.74, 6) is -3.18. The van der Waals surface area contributed by atoms with Crippen LogP contribution >= 0.6 is 0 Å². The molecule has 4 atom stereocenters. The molecule has 0 unspecified atom stereocenters. The molecule has 2 aromatic rings. The molecule has 0 heterocycles. The standard InChI is InChI=1S/C23H26N2O9/c26-17(9-24-21(30)19(28)20(29)22(31)32)18(27)10-25-23(33)34-11-16-14-7-3-1-5-12(14)13-6-2-4-8-15(13)16/h1-8,16-20,26-29H,9-11H2,(H,24,30)(H,25,33)(H,31,32)/t17-,18-,19-,20-/m1/s1. The Bertz CT molecular complexity index is 999. The van der Waals surface area contributed by atoms with E-state index < -0.39 is 55.5 Å². The Morgan fingerprint density at radius 1 is 0.794 bits per heavy atom. The molecule has 1 aliphatic carbocycles. The van der Waals surface area contributed by atoms with Crippen molar-refractivity contribution in [3.63, 3.8) is 0 Å². The number of rotatable bonds is 10. The second-order valence-corrected chi connectivity index (χ2v) is 7.81. The van der Waals surface area contributed by atoms with Crippen molar-refractivity contribution < 1.29 is 44.7 Å². The summed E-state index contributed by atoms with van der Waals surface area (Å²) in [6.45, 7) is -0.887. The van der Waals surface area contributed by atoms with Crippen molar-refractivity contribution in [3.05, 3.63) is 59.7 Å². The van der Waals surface area contributed by atoms with E-state index in [1.807, 2.05) is 53.8 Å². The highest BCUT2D eigenvalue weighted by atomic mass is 16.5. The molecule has 1 aliphatic rings. The zero-order valence-electron chi connectivity index (χ0n) is 18.0. The van der Waals surface area contributed by atoms with E-state index in [-0.39, 0.29) is 12.5 Å². The highest BCUT2D eigenvalue weighted by molar-refractivity contribution is 5.87. The maximum absolute atomic E-state index is 12.1. The van der Waals surface area contributed by atoms with E-state index in [0.29, 0.717) is 0 Å². The van der Waals surface area contributed by atoms with Crippen LogP contribution in [0.3, 0.4) is 0 Å². The minimum absolute atomic E-state index is 0.0678. The lowest BCUT2D eigenvalue weighted by Gasteiger charge is -2.20. The average Bonchev–Trinajstić information content (AvgIpc) is 3.16. The number of carboxylic acid groups (broad SMARTS) is 1. The summed E-state index contributed by atoms with van der Waals surface area (Å²) in [5.41, 5.74) is 4.23. The van der Waals surface area contributed by atoms with Gasteiger partial charge in [-0.3, -0.25) is 4.79 Å². The molecule has 0 saturated carbocycles. The number of hydrogen-bond acceptors (Lipinski definition) is 8. The van der Waals surface area contributed by atoms with Crippen molar-refractivity contribution in [2.45, 2.75) is 30.3 Å². The van der Waals surface area contributed by atoms with Gasteiger partial charge in [-0.2, -0.15) is 0 Å². The summed E-state index contributed by atoms with van der Waals surface area (Å²) in [5, 5.41) is 51.3. The Morgan fingerprint density at radius 2 is 1.29 bits per heavy atom. The molecular weight excluding hydrogens is 448 g/mol. The molecule has 0 aliphatic heterocycles. The molecule has 182 valence electrons. The van der Waals surface area contributed by atoms with Crippen molar-refractivity contribution in [2.24, 2.45) is 0 Å². The molecule has 2 aromatic carbocycles. The van der Waals surface area contributed by atoms with Crippen LogP contribution in [0.25, 0.3) is 11.1 Å². The van der Waals surface area contributed by atoms with Gasteiger partial charge in [-0.25, -0.2) is 9.59 Å². The van der Waals surface area contributed by atoms with Gasteiger partial charge in [0.05, 0.1) is 12.2 Å². The van der Waals surface area contributed by atoms with Crippen LogP contribution in [0, 0.1) is 0 Å². The van der Waals surface area contributed by atoms with Crippen LogP contribution in [-0.2, 0) is 14.3 Å². The summed E-state index contributed by atoms with van der Waals surface area (Å²) in [6.07, 6.45) is -8.44. The predicted molar refractivity (Wildman–Crippen MR) is 118 cm³/mol. The first-order valence-electron chi connectivity index (χ1n) is 10.5. The van der Waals surface area contributed by atoms with Gasteiger partial charge in [0.25, 0.3) is 5.91 Å². The van der Waals surface area contributed by atoms with Crippen LogP contribution in [0.2, 0.25) is 0 Å². The van der Waals surface area contributed by atoms with Gasteiger partial charge in [-0.05, 0) is 22.3 Å². The fraction of sp³-hybridized carbons (Fsp3) is 0.348. The monoisotopic (exact) mass is 474 g/mol. The van der Waals surface area contributed by atoms with Crippen molar-refractivity contribution in [3.8, 4) is 11.1 Å². The topological polar surface area (TPSA) is 186 Å². The third-order valence-corrected chi connectivity index (χ3v) is 5.55. The van der Waals surface area contributed by atoms with Crippen molar-refractivity contribution in [1.82, 2.24) is 10.6 Å². The van der Waals surface area contributed by atoms with Crippen LogP contribution in [0.1, 0.15) is 17.0 Å². The minimum Gasteiger partial charge on any atom is -0.479 e. The first-order valence-corrected chi connectivity index (χ1v) is 10.5. The second-order valence-electron chi connectivity index (χ2n) is 7.81. The summed E-state index contributed by atoms with van der Waals surface area (Å²) in [6, 6.07) is 15.7. The fourth-order valence-electron chi connectivity index (χ4n) is 3.70. The van der Waals surface area contributed by atoms with Gasteiger partial charge < -0.3 is 40.9 Å². The van der Waals surface area contributed by atoms with Crippen LogP contribution in [0.15, 0.2) is 48.5 Å². The minimum atomic E-state index is -2.34. The number of carboxylic acids is 1. The Morgan fingerprint density at radius 3 is 1.82 bits per heavy atom. The lowest BCUT2D eigenvalue weighted by atomic mass is 9.98. The smallest absolute Gasteiger partial charge is 0.407 e. The van der Waals surface area contributed by atoms with E-state index in [4.69, 9.17) is 14.9 Å². The van der Waals surface area contributed by atoms with Crippen LogP contribution in [0.5, 0.6) is 0 Å². The number of benzene rings is 2. The van der Waals surface area contributed by atoms with Crippen molar-refractivity contribution in [1.29, 1.82) is 0 Å². The number of alkyl carbamates (subject to hydrolysis) is 1. The normalized spacial score (nSPS) is 15.9. The molecule has 0 spiro atoms. The van der Waals surface area contributed by atoms with Gasteiger partial charge >= 0.3 is 12.1 Å². The molecule has 0 bridgehead atoms. The first kappa shape index (κ1) is 25.1. The van der Waals surface area contributed by atoms with Crippen molar-refractivity contribution >= 4 is 18.0 Å². The van der Waals surface area contributed by atoms with Crippen molar-refractivity contribution in [2.75, 3.05) is 19.7 Å².